The van der Waals surface area contributed by atoms with Crippen LogP contribution in [0.25, 0.3) is 0 Å². The minimum atomic E-state index is -0.493. The summed E-state index contributed by atoms with van der Waals surface area (Å²) in [6.45, 7) is 14.8. The quantitative estimate of drug-likeness (QED) is 0.760. The molecule has 2 aliphatic rings. The minimum absolute atomic E-state index is 0.0889. The molecule has 118 valence electrons. The van der Waals surface area contributed by atoms with E-state index in [1.807, 2.05) is 0 Å². The van der Waals surface area contributed by atoms with E-state index in [4.69, 9.17) is 0 Å². The van der Waals surface area contributed by atoms with Gasteiger partial charge in [0, 0.05) is 5.41 Å². The van der Waals surface area contributed by atoms with E-state index in [1.54, 1.807) is 0 Å². The lowest BCUT2D eigenvalue weighted by molar-refractivity contribution is -0.139. The molecule has 2 rings (SSSR count). The van der Waals surface area contributed by atoms with Crippen molar-refractivity contribution in [1.29, 1.82) is 0 Å². The normalized spacial score (nSPS) is 38.9. The predicted octanol–water partition coefficient (Wildman–Crippen LogP) is 4.08. The summed E-state index contributed by atoms with van der Waals surface area (Å²) >= 11 is 0. The van der Waals surface area contributed by atoms with E-state index >= 15 is 0 Å². The lowest BCUT2D eigenvalue weighted by Crippen LogP contribution is -2.53. The van der Waals surface area contributed by atoms with Gasteiger partial charge in [-0.3, -0.25) is 0 Å². The van der Waals surface area contributed by atoms with Crippen LogP contribution in [0, 0.1) is 16.7 Å². The second-order valence-corrected chi connectivity index (χ2v) is 8.11. The fourth-order valence-corrected chi connectivity index (χ4v) is 5.08. The number of fused-ring (bicyclic) bond motifs is 2. The fraction of sp³-hybridized carbons (Fsp3) is 1.00. The third-order valence-corrected chi connectivity index (χ3v) is 6.90. The second kappa shape index (κ2) is 5.61. The van der Waals surface area contributed by atoms with Crippen molar-refractivity contribution in [3.05, 3.63) is 0 Å². The number of nitrogens with zero attached hydrogens (tertiary/aromatic N) is 1. The van der Waals surface area contributed by atoms with Crippen molar-refractivity contribution in [3.63, 3.8) is 0 Å². The highest BCUT2D eigenvalue weighted by Gasteiger charge is 2.67. The van der Waals surface area contributed by atoms with Crippen LogP contribution in [-0.4, -0.2) is 35.2 Å². The molecule has 0 heterocycles. The van der Waals surface area contributed by atoms with Gasteiger partial charge in [-0.15, -0.1) is 0 Å². The Morgan fingerprint density at radius 2 is 1.65 bits per heavy atom. The summed E-state index contributed by atoms with van der Waals surface area (Å²) in [5.41, 5.74) is -0.223. The molecule has 0 unspecified atom stereocenters. The maximum absolute atomic E-state index is 11.2. The zero-order chi connectivity index (χ0) is 15.0. The first-order chi connectivity index (χ1) is 9.30. The van der Waals surface area contributed by atoms with Gasteiger partial charge in [-0.05, 0) is 76.4 Å². The molecule has 0 aromatic heterocycles. The van der Waals surface area contributed by atoms with Crippen molar-refractivity contribution in [2.75, 3.05) is 19.6 Å². The molecule has 0 aliphatic heterocycles. The van der Waals surface area contributed by atoms with Crippen molar-refractivity contribution in [1.82, 2.24) is 4.90 Å². The summed E-state index contributed by atoms with van der Waals surface area (Å²) in [5.74, 6) is 0.725. The average Bonchev–Trinajstić information content (AvgIpc) is 2.87. The number of aliphatic hydroxyl groups is 1. The van der Waals surface area contributed by atoms with Gasteiger partial charge >= 0.3 is 0 Å². The Balaban J connectivity index is 2.05. The van der Waals surface area contributed by atoms with Crippen LogP contribution in [0.1, 0.15) is 73.1 Å². The first-order valence-corrected chi connectivity index (χ1v) is 8.75. The molecule has 2 saturated carbocycles. The Morgan fingerprint density at radius 3 is 2.10 bits per heavy atom. The van der Waals surface area contributed by atoms with E-state index in [9.17, 15) is 5.11 Å². The highest BCUT2D eigenvalue weighted by Crippen LogP contribution is 2.69. The molecule has 0 radical (unpaired) electrons. The molecule has 0 amide bonds. The maximum atomic E-state index is 11.2. The fourth-order valence-electron chi connectivity index (χ4n) is 5.08. The van der Waals surface area contributed by atoms with Gasteiger partial charge in [0.1, 0.15) is 0 Å². The van der Waals surface area contributed by atoms with Gasteiger partial charge in [-0.1, -0.05) is 27.7 Å². The highest BCUT2D eigenvalue weighted by atomic mass is 16.3. The Labute approximate surface area is 125 Å². The summed E-state index contributed by atoms with van der Waals surface area (Å²) in [6, 6.07) is 0. The molecule has 1 N–H and O–H groups in total. The highest BCUT2D eigenvalue weighted by molar-refractivity contribution is 5.17. The van der Waals surface area contributed by atoms with Gasteiger partial charge in [-0.25, -0.2) is 0 Å². The van der Waals surface area contributed by atoms with Crippen LogP contribution in [0.5, 0.6) is 0 Å². The van der Waals surface area contributed by atoms with Gasteiger partial charge < -0.3 is 10.0 Å². The van der Waals surface area contributed by atoms with E-state index in [-0.39, 0.29) is 10.8 Å². The largest absolute Gasteiger partial charge is 0.389 e. The monoisotopic (exact) mass is 281 g/mol. The standard InChI is InChI=1S/C18H35NO/c1-6-11-19(12-7-2)13-10-18-9-8-15(14-18)16(3,4)17(18,5)20/h15,20H,6-14H2,1-5H3/t15-,17+,18-/m1/s1. The molecule has 2 fully saturated rings. The summed E-state index contributed by atoms with van der Waals surface area (Å²) in [7, 11) is 0. The first-order valence-electron chi connectivity index (χ1n) is 8.75. The van der Waals surface area contributed by atoms with Gasteiger partial charge in [0.05, 0.1) is 5.60 Å². The van der Waals surface area contributed by atoms with Crippen LogP contribution in [0.15, 0.2) is 0 Å². The molecule has 20 heavy (non-hydrogen) atoms. The van der Waals surface area contributed by atoms with Crippen molar-refractivity contribution < 1.29 is 5.11 Å². The topological polar surface area (TPSA) is 23.5 Å². The van der Waals surface area contributed by atoms with E-state index in [0.717, 1.165) is 5.92 Å². The van der Waals surface area contributed by atoms with Crippen LogP contribution >= 0.6 is 0 Å². The smallest absolute Gasteiger partial charge is 0.0729 e. The Morgan fingerprint density at radius 1 is 1.05 bits per heavy atom. The van der Waals surface area contributed by atoms with Crippen molar-refractivity contribution in [2.24, 2.45) is 16.7 Å². The van der Waals surface area contributed by atoms with Gasteiger partial charge in [0.2, 0.25) is 0 Å². The Hall–Kier alpha value is -0.0800. The zero-order valence-electron chi connectivity index (χ0n) is 14.3. The molecule has 0 spiro atoms. The van der Waals surface area contributed by atoms with E-state index in [1.165, 1.54) is 58.2 Å². The first kappa shape index (κ1) is 16.3. The second-order valence-electron chi connectivity index (χ2n) is 8.11. The molecule has 2 aliphatic carbocycles. The summed E-state index contributed by atoms with van der Waals surface area (Å²) in [6.07, 6.45) is 7.46. The third kappa shape index (κ3) is 2.33. The van der Waals surface area contributed by atoms with Crippen LogP contribution in [0.4, 0.5) is 0 Å². The van der Waals surface area contributed by atoms with Gasteiger partial charge in [-0.2, -0.15) is 0 Å². The van der Waals surface area contributed by atoms with E-state index in [2.05, 4.69) is 39.5 Å². The SMILES string of the molecule is CCCN(CCC)CC[C@]12CC[C@H](C1)C(C)(C)[C@]2(C)O. The number of hydrogen-bond donors (Lipinski definition) is 1. The minimum Gasteiger partial charge on any atom is -0.389 e. The molecule has 2 bridgehead atoms. The molecular weight excluding hydrogens is 246 g/mol. The van der Waals surface area contributed by atoms with Crippen molar-refractivity contribution in [3.8, 4) is 0 Å². The molecule has 3 atom stereocenters. The van der Waals surface area contributed by atoms with Crippen molar-refractivity contribution >= 4 is 0 Å². The van der Waals surface area contributed by atoms with Crippen LogP contribution in [0.2, 0.25) is 0 Å². The Kier molecular flexibility index (Phi) is 4.57. The van der Waals surface area contributed by atoms with Crippen LogP contribution < -0.4 is 0 Å². The molecule has 2 heteroatoms. The predicted molar refractivity (Wildman–Crippen MR) is 85.8 cm³/mol. The maximum Gasteiger partial charge on any atom is 0.0729 e. The molecule has 0 saturated heterocycles. The summed E-state index contributed by atoms with van der Waals surface area (Å²) in [5, 5.41) is 11.2. The average molecular weight is 281 g/mol. The number of rotatable bonds is 7. The lowest BCUT2D eigenvalue weighted by atomic mass is 9.59. The van der Waals surface area contributed by atoms with Crippen molar-refractivity contribution in [2.45, 2.75) is 78.7 Å². The summed E-state index contributed by atoms with van der Waals surface area (Å²) < 4.78 is 0. The number of hydrogen-bond acceptors (Lipinski definition) is 2. The van der Waals surface area contributed by atoms with Crippen LogP contribution in [-0.2, 0) is 0 Å². The Bertz CT molecular complexity index is 330. The van der Waals surface area contributed by atoms with Gasteiger partial charge in [0.25, 0.3) is 0 Å². The lowest BCUT2D eigenvalue weighted by Gasteiger charge is -2.50. The van der Waals surface area contributed by atoms with Crippen LogP contribution in [0.3, 0.4) is 0 Å². The van der Waals surface area contributed by atoms with E-state index < -0.39 is 5.60 Å². The zero-order valence-corrected chi connectivity index (χ0v) is 14.3. The third-order valence-electron chi connectivity index (χ3n) is 6.90. The van der Waals surface area contributed by atoms with E-state index in [0.29, 0.717) is 0 Å². The molecule has 0 aromatic rings. The molecule has 2 nitrogen and oxygen atoms in total. The summed E-state index contributed by atoms with van der Waals surface area (Å²) in [4.78, 5) is 2.60. The molecule has 0 aromatic carbocycles. The van der Waals surface area contributed by atoms with Gasteiger partial charge in [0.15, 0.2) is 0 Å². The molecular formula is C18H35NO.